The number of benzene rings is 1. The minimum atomic E-state index is -0.147. The molecular weight excluding hydrogens is 220 g/mol. The Morgan fingerprint density at radius 3 is 2.44 bits per heavy atom. The van der Waals surface area contributed by atoms with Crippen LogP contribution in [0.3, 0.4) is 0 Å². The normalized spacial score (nSPS) is 25.1. The molecule has 3 heteroatoms. The second-order valence-corrected chi connectivity index (χ2v) is 6.30. The Morgan fingerprint density at radius 1 is 1.25 bits per heavy atom. The Bertz CT molecular complexity index is 342. The first-order valence-electron chi connectivity index (χ1n) is 5.65. The fraction of sp³-hybridized carbons (Fsp3) is 0.462. The van der Waals surface area contributed by atoms with Crippen molar-refractivity contribution in [3.63, 3.8) is 0 Å². The fourth-order valence-corrected chi connectivity index (χ4v) is 4.31. The van der Waals surface area contributed by atoms with E-state index in [1.807, 2.05) is 0 Å². The van der Waals surface area contributed by atoms with Gasteiger partial charge in [-0.2, -0.15) is 0 Å². The number of esters is 1. The molecule has 0 aliphatic carbocycles. The molecule has 2 nitrogen and oxygen atoms in total. The molecule has 1 saturated heterocycles. The van der Waals surface area contributed by atoms with Crippen LogP contribution in [0.5, 0.6) is 0 Å². The van der Waals surface area contributed by atoms with Gasteiger partial charge in [-0.3, -0.25) is 4.79 Å². The van der Waals surface area contributed by atoms with Gasteiger partial charge in [-0.1, -0.05) is 18.2 Å². The summed E-state index contributed by atoms with van der Waals surface area (Å²) in [6.45, 7) is 1.49. The van der Waals surface area contributed by atoms with Crippen molar-refractivity contribution in [1.29, 1.82) is 0 Å². The second kappa shape index (κ2) is 5.39. The molecule has 0 aromatic heterocycles. The van der Waals surface area contributed by atoms with E-state index in [1.54, 1.807) is 0 Å². The van der Waals surface area contributed by atoms with Gasteiger partial charge in [0.25, 0.3) is 0 Å². The van der Waals surface area contributed by atoms with Crippen molar-refractivity contribution < 1.29 is 9.53 Å². The van der Waals surface area contributed by atoms with Crippen molar-refractivity contribution >= 4 is 16.9 Å². The predicted molar refractivity (Wildman–Crippen MR) is 66.6 cm³/mol. The van der Waals surface area contributed by atoms with E-state index in [1.165, 1.54) is 11.8 Å². The van der Waals surface area contributed by atoms with Gasteiger partial charge in [0, 0.05) is 30.7 Å². The van der Waals surface area contributed by atoms with Crippen LogP contribution in [0.25, 0.3) is 0 Å². The fourth-order valence-electron chi connectivity index (χ4n) is 2.00. The molecule has 0 radical (unpaired) electrons. The van der Waals surface area contributed by atoms with E-state index in [-0.39, 0.29) is 12.1 Å². The van der Waals surface area contributed by atoms with Crippen LogP contribution >= 0.6 is 0 Å². The Labute approximate surface area is 99.3 Å². The molecule has 0 saturated carbocycles. The Hall–Kier alpha value is -0.960. The highest BCUT2D eigenvalue weighted by Crippen LogP contribution is 2.23. The molecule has 1 aliphatic heterocycles. The van der Waals surface area contributed by atoms with Gasteiger partial charge in [0.15, 0.2) is 4.90 Å². The zero-order valence-corrected chi connectivity index (χ0v) is 10.3. The summed E-state index contributed by atoms with van der Waals surface area (Å²) in [4.78, 5) is 12.3. The zero-order chi connectivity index (χ0) is 11.4. The number of ether oxygens (including phenoxy) is 1. The Kier molecular flexibility index (Phi) is 3.88. The quantitative estimate of drug-likeness (QED) is 0.583. The van der Waals surface area contributed by atoms with Gasteiger partial charge < -0.3 is 4.74 Å². The van der Waals surface area contributed by atoms with Crippen LogP contribution in [0.1, 0.15) is 19.8 Å². The van der Waals surface area contributed by atoms with Gasteiger partial charge in [-0.15, -0.1) is 0 Å². The Balaban J connectivity index is 1.88. The number of rotatable bonds is 2. The molecule has 1 heterocycles. The van der Waals surface area contributed by atoms with Gasteiger partial charge in [-0.25, -0.2) is 0 Å². The van der Waals surface area contributed by atoms with E-state index in [0.29, 0.717) is 10.9 Å². The molecule has 0 spiro atoms. The number of carbonyl (C=O) groups excluding carboxylic acids is 1. The first-order valence-corrected chi connectivity index (χ1v) is 7.22. The maximum absolute atomic E-state index is 10.8. The molecule has 1 aliphatic rings. The molecule has 0 bridgehead atoms. The van der Waals surface area contributed by atoms with Crippen molar-refractivity contribution in [3.05, 3.63) is 30.3 Å². The van der Waals surface area contributed by atoms with Gasteiger partial charge in [0.2, 0.25) is 0 Å². The monoisotopic (exact) mass is 237 g/mol. The maximum atomic E-state index is 10.8. The number of hydrogen-bond acceptors (Lipinski definition) is 2. The summed E-state index contributed by atoms with van der Waals surface area (Å²) in [6.07, 6.45) is 2.18. The lowest BCUT2D eigenvalue weighted by molar-refractivity contribution is -0.146. The standard InChI is InChI=1S/C13H17O2S/c1-11(14)15-12-7-9-16(10-8-12)13-5-3-2-4-6-13/h2-6,12H,7-10H2,1H3/q+1. The molecule has 16 heavy (non-hydrogen) atoms. The largest absolute Gasteiger partial charge is 0.462 e. The van der Waals surface area contributed by atoms with E-state index in [4.69, 9.17) is 4.74 Å². The van der Waals surface area contributed by atoms with Crippen molar-refractivity contribution in [1.82, 2.24) is 0 Å². The highest BCUT2D eigenvalue weighted by atomic mass is 32.2. The zero-order valence-electron chi connectivity index (χ0n) is 9.52. The van der Waals surface area contributed by atoms with Crippen LogP contribution in [-0.2, 0) is 20.4 Å². The average molecular weight is 237 g/mol. The van der Waals surface area contributed by atoms with Crippen LogP contribution < -0.4 is 0 Å². The summed E-state index contributed by atoms with van der Waals surface area (Å²) in [5.41, 5.74) is 0. The molecule has 86 valence electrons. The van der Waals surface area contributed by atoms with Crippen molar-refractivity contribution in [3.8, 4) is 0 Å². The lowest BCUT2D eigenvalue weighted by Gasteiger charge is -2.21. The number of carbonyl (C=O) groups is 1. The topological polar surface area (TPSA) is 26.3 Å². The average Bonchev–Trinajstić information content (AvgIpc) is 2.30. The van der Waals surface area contributed by atoms with E-state index in [0.717, 1.165) is 24.3 Å². The summed E-state index contributed by atoms with van der Waals surface area (Å²) in [6, 6.07) is 10.7. The third-order valence-corrected chi connectivity index (χ3v) is 5.18. The maximum Gasteiger partial charge on any atom is 0.302 e. The first-order chi connectivity index (χ1) is 7.75. The van der Waals surface area contributed by atoms with Crippen molar-refractivity contribution in [2.24, 2.45) is 0 Å². The van der Waals surface area contributed by atoms with E-state index < -0.39 is 0 Å². The first kappa shape index (κ1) is 11.5. The summed E-state index contributed by atoms with van der Waals surface area (Å²) in [5.74, 6) is 2.16. The van der Waals surface area contributed by atoms with Crippen LogP contribution in [0, 0.1) is 0 Å². The van der Waals surface area contributed by atoms with Gasteiger partial charge >= 0.3 is 5.97 Å². The molecule has 0 N–H and O–H groups in total. The van der Waals surface area contributed by atoms with Crippen LogP contribution in [0.2, 0.25) is 0 Å². The van der Waals surface area contributed by atoms with E-state index in [9.17, 15) is 4.79 Å². The highest BCUT2D eigenvalue weighted by molar-refractivity contribution is 7.96. The minimum absolute atomic E-state index is 0.147. The van der Waals surface area contributed by atoms with Gasteiger partial charge in [0.1, 0.15) is 17.6 Å². The molecule has 0 atom stereocenters. The SMILES string of the molecule is CC(=O)OC1CC[S+](c2ccccc2)CC1. The molecule has 2 rings (SSSR count). The summed E-state index contributed by atoms with van der Waals surface area (Å²) in [5, 5.41) is 0. The van der Waals surface area contributed by atoms with Gasteiger partial charge in [-0.05, 0) is 12.1 Å². The predicted octanol–water partition coefficient (Wildman–Crippen LogP) is 2.39. The van der Waals surface area contributed by atoms with Crippen LogP contribution in [0.4, 0.5) is 0 Å². The summed E-state index contributed by atoms with van der Waals surface area (Å²) in [7, 11) is 0.365. The Morgan fingerprint density at radius 2 is 1.88 bits per heavy atom. The summed E-state index contributed by atoms with van der Waals surface area (Å²) >= 11 is 0. The number of hydrogen-bond donors (Lipinski definition) is 0. The third kappa shape index (κ3) is 3.01. The minimum Gasteiger partial charge on any atom is -0.462 e. The smallest absolute Gasteiger partial charge is 0.302 e. The molecule has 0 unspecified atom stereocenters. The molecule has 1 fully saturated rings. The van der Waals surface area contributed by atoms with Crippen LogP contribution in [0.15, 0.2) is 35.2 Å². The summed E-state index contributed by atoms with van der Waals surface area (Å²) < 4.78 is 5.24. The molecule has 1 aromatic carbocycles. The molecular formula is C13H17O2S+. The highest BCUT2D eigenvalue weighted by Gasteiger charge is 2.31. The lowest BCUT2D eigenvalue weighted by Crippen LogP contribution is -2.30. The second-order valence-electron chi connectivity index (χ2n) is 4.02. The molecule has 0 amide bonds. The third-order valence-electron chi connectivity index (χ3n) is 2.78. The lowest BCUT2D eigenvalue weighted by atomic mass is 10.2. The van der Waals surface area contributed by atoms with E-state index >= 15 is 0 Å². The van der Waals surface area contributed by atoms with Gasteiger partial charge in [0.05, 0.1) is 0 Å². The van der Waals surface area contributed by atoms with Crippen LogP contribution in [-0.4, -0.2) is 23.6 Å². The van der Waals surface area contributed by atoms with Crippen molar-refractivity contribution in [2.45, 2.75) is 30.8 Å². The van der Waals surface area contributed by atoms with E-state index in [2.05, 4.69) is 30.3 Å². The van der Waals surface area contributed by atoms with Crippen molar-refractivity contribution in [2.75, 3.05) is 11.5 Å². The molecule has 1 aromatic rings.